The van der Waals surface area contributed by atoms with E-state index in [2.05, 4.69) is 71.0 Å². The van der Waals surface area contributed by atoms with Crippen LogP contribution in [0.1, 0.15) is 33.9 Å². The van der Waals surface area contributed by atoms with Gasteiger partial charge in [-0.3, -0.25) is 9.78 Å². The Morgan fingerprint density at radius 1 is 0.861 bits per heavy atom. The van der Waals surface area contributed by atoms with Crippen molar-refractivity contribution in [3.05, 3.63) is 137 Å². The van der Waals surface area contributed by atoms with Gasteiger partial charge >= 0.3 is 0 Å². The van der Waals surface area contributed by atoms with Crippen LogP contribution >= 0.6 is 11.3 Å². The number of fused-ring (bicyclic) bond motifs is 1. The monoisotopic (exact) mass is 487 g/mol. The molecular formula is C31H25N3OS. The molecule has 5 aromatic rings. The number of nitrogens with one attached hydrogen (secondary N) is 1. The largest absolute Gasteiger partial charge is 0.302 e. The number of nitrogens with zero attached hydrogens (tertiary/aromatic N) is 2. The van der Waals surface area contributed by atoms with E-state index in [1.807, 2.05) is 35.7 Å². The highest BCUT2D eigenvalue weighted by molar-refractivity contribution is 7.13. The first kappa shape index (κ1) is 22.4. The fourth-order valence-corrected chi connectivity index (χ4v) is 5.84. The standard InChI is InChI=1S/C31H25N3OS/c35-30(28-19-25-8-4-5-9-27(25)29(28)24-6-2-1-3-7-24)34-31-33-26(20-36-31)18-21-10-12-22(13-11-21)23-14-16-32-17-15-23/h1-17,20,28-29H,18-19H2,(H,33,34,35)/t28-,29+/m0/s1. The molecule has 2 heterocycles. The first-order chi connectivity index (χ1) is 17.7. The molecule has 0 spiro atoms. The molecule has 6 rings (SSSR count). The lowest BCUT2D eigenvalue weighted by molar-refractivity contribution is -0.120. The van der Waals surface area contributed by atoms with Crippen molar-refractivity contribution in [1.29, 1.82) is 0 Å². The van der Waals surface area contributed by atoms with Gasteiger partial charge in [-0.2, -0.15) is 0 Å². The highest BCUT2D eigenvalue weighted by Gasteiger charge is 2.38. The summed E-state index contributed by atoms with van der Waals surface area (Å²) in [4.78, 5) is 22.3. The van der Waals surface area contributed by atoms with Gasteiger partial charge in [-0.05, 0) is 51.9 Å². The predicted molar refractivity (Wildman–Crippen MR) is 145 cm³/mol. The second-order valence-electron chi connectivity index (χ2n) is 9.14. The SMILES string of the molecule is O=C(Nc1nc(Cc2ccc(-c3ccncc3)cc2)cs1)[C@H]1Cc2ccccc2[C@H]1c1ccccc1. The van der Waals surface area contributed by atoms with Crippen molar-refractivity contribution in [1.82, 2.24) is 9.97 Å². The Morgan fingerprint density at radius 2 is 1.58 bits per heavy atom. The van der Waals surface area contributed by atoms with Crippen molar-refractivity contribution in [2.45, 2.75) is 18.8 Å². The number of amides is 1. The van der Waals surface area contributed by atoms with E-state index in [-0.39, 0.29) is 17.7 Å². The number of pyridine rings is 1. The van der Waals surface area contributed by atoms with E-state index in [1.165, 1.54) is 33.6 Å². The van der Waals surface area contributed by atoms with Gasteiger partial charge in [0.15, 0.2) is 5.13 Å². The molecule has 0 fully saturated rings. The molecule has 1 N–H and O–H groups in total. The summed E-state index contributed by atoms with van der Waals surface area (Å²) in [6.07, 6.45) is 5.08. The molecule has 0 saturated carbocycles. The van der Waals surface area contributed by atoms with Crippen molar-refractivity contribution < 1.29 is 4.79 Å². The van der Waals surface area contributed by atoms with Gasteiger partial charge in [0.05, 0.1) is 11.6 Å². The zero-order chi connectivity index (χ0) is 24.3. The molecular weight excluding hydrogens is 462 g/mol. The van der Waals surface area contributed by atoms with E-state index in [1.54, 1.807) is 12.4 Å². The molecule has 36 heavy (non-hydrogen) atoms. The summed E-state index contributed by atoms with van der Waals surface area (Å²) >= 11 is 1.49. The zero-order valence-electron chi connectivity index (χ0n) is 19.7. The van der Waals surface area contributed by atoms with E-state index in [0.29, 0.717) is 5.13 Å². The van der Waals surface area contributed by atoms with Crippen LogP contribution in [-0.4, -0.2) is 15.9 Å². The molecule has 0 bridgehead atoms. The lowest BCUT2D eigenvalue weighted by Crippen LogP contribution is -2.26. The van der Waals surface area contributed by atoms with Gasteiger partial charge in [0, 0.05) is 30.1 Å². The van der Waals surface area contributed by atoms with Gasteiger partial charge in [0.1, 0.15) is 0 Å². The van der Waals surface area contributed by atoms with Crippen molar-refractivity contribution in [3.8, 4) is 11.1 Å². The van der Waals surface area contributed by atoms with Gasteiger partial charge in [-0.15, -0.1) is 11.3 Å². The van der Waals surface area contributed by atoms with Gasteiger partial charge < -0.3 is 5.32 Å². The molecule has 4 nitrogen and oxygen atoms in total. The van der Waals surface area contributed by atoms with Crippen LogP contribution < -0.4 is 5.32 Å². The molecule has 0 radical (unpaired) electrons. The minimum atomic E-state index is -0.155. The van der Waals surface area contributed by atoms with Crippen LogP contribution in [0.25, 0.3) is 11.1 Å². The van der Waals surface area contributed by atoms with Crippen LogP contribution in [0.15, 0.2) is 109 Å². The fraction of sp³-hybridized carbons (Fsp3) is 0.129. The van der Waals surface area contributed by atoms with Gasteiger partial charge in [0.25, 0.3) is 0 Å². The number of carbonyl (C=O) groups is 1. The third-order valence-corrected chi connectivity index (χ3v) is 7.67. The minimum absolute atomic E-state index is 0.0302. The maximum atomic E-state index is 13.5. The highest BCUT2D eigenvalue weighted by atomic mass is 32.1. The zero-order valence-corrected chi connectivity index (χ0v) is 20.5. The molecule has 5 heteroatoms. The first-order valence-corrected chi connectivity index (χ1v) is 13.0. The highest BCUT2D eigenvalue weighted by Crippen LogP contribution is 2.43. The number of thiazole rings is 1. The molecule has 0 saturated heterocycles. The summed E-state index contributed by atoms with van der Waals surface area (Å²) < 4.78 is 0. The van der Waals surface area contributed by atoms with Crippen LogP contribution in [-0.2, 0) is 17.6 Å². The molecule has 1 aliphatic carbocycles. The van der Waals surface area contributed by atoms with Gasteiger partial charge in [-0.1, -0.05) is 78.9 Å². The Kier molecular flexibility index (Phi) is 6.14. The van der Waals surface area contributed by atoms with Gasteiger partial charge in [-0.25, -0.2) is 4.98 Å². The topological polar surface area (TPSA) is 54.9 Å². The van der Waals surface area contributed by atoms with Crippen molar-refractivity contribution in [2.75, 3.05) is 5.32 Å². The van der Waals surface area contributed by atoms with E-state index in [0.717, 1.165) is 29.7 Å². The Labute approximate surface area is 214 Å². The van der Waals surface area contributed by atoms with Crippen LogP contribution in [0.3, 0.4) is 0 Å². The van der Waals surface area contributed by atoms with Crippen molar-refractivity contribution in [3.63, 3.8) is 0 Å². The Hall–Kier alpha value is -4.09. The number of benzene rings is 3. The number of aromatic nitrogens is 2. The quantitative estimate of drug-likeness (QED) is 0.289. The Morgan fingerprint density at radius 3 is 2.39 bits per heavy atom. The van der Waals surface area contributed by atoms with Crippen molar-refractivity contribution >= 4 is 22.4 Å². The average molecular weight is 488 g/mol. The van der Waals surface area contributed by atoms with E-state index in [4.69, 9.17) is 4.98 Å². The molecule has 1 amide bonds. The summed E-state index contributed by atoms with van der Waals surface area (Å²) in [5.41, 5.74) is 8.14. The number of anilines is 1. The maximum Gasteiger partial charge on any atom is 0.230 e. The van der Waals surface area contributed by atoms with Crippen LogP contribution in [0, 0.1) is 5.92 Å². The number of rotatable bonds is 6. The first-order valence-electron chi connectivity index (χ1n) is 12.1. The second-order valence-corrected chi connectivity index (χ2v) is 10.00. The molecule has 1 aliphatic rings. The summed E-state index contributed by atoms with van der Waals surface area (Å²) in [5, 5.41) is 5.81. The van der Waals surface area contributed by atoms with Crippen LogP contribution in [0.5, 0.6) is 0 Å². The second kappa shape index (κ2) is 9.88. The summed E-state index contributed by atoms with van der Waals surface area (Å²) in [6, 6.07) is 31.3. The summed E-state index contributed by atoms with van der Waals surface area (Å²) in [5.74, 6) is -0.0683. The smallest absolute Gasteiger partial charge is 0.230 e. The normalized spacial score (nSPS) is 16.4. The third-order valence-electron chi connectivity index (χ3n) is 6.86. The minimum Gasteiger partial charge on any atom is -0.302 e. The van der Waals surface area contributed by atoms with E-state index >= 15 is 0 Å². The maximum absolute atomic E-state index is 13.5. The van der Waals surface area contributed by atoms with E-state index in [9.17, 15) is 4.79 Å². The molecule has 0 unspecified atom stereocenters. The fourth-order valence-electron chi connectivity index (χ4n) is 5.12. The molecule has 176 valence electrons. The molecule has 3 aromatic carbocycles. The molecule has 0 aliphatic heterocycles. The van der Waals surface area contributed by atoms with Gasteiger partial charge in [0.2, 0.25) is 5.91 Å². The predicted octanol–water partition coefficient (Wildman–Crippen LogP) is 6.74. The molecule has 2 aromatic heterocycles. The van der Waals surface area contributed by atoms with E-state index < -0.39 is 0 Å². The number of hydrogen-bond acceptors (Lipinski definition) is 4. The Bertz CT molecular complexity index is 1480. The van der Waals surface area contributed by atoms with Crippen LogP contribution in [0.2, 0.25) is 0 Å². The lowest BCUT2D eigenvalue weighted by atomic mass is 9.85. The summed E-state index contributed by atoms with van der Waals surface area (Å²) in [6.45, 7) is 0. The Balaban J connectivity index is 1.15. The van der Waals surface area contributed by atoms with Crippen LogP contribution in [0.4, 0.5) is 5.13 Å². The number of hydrogen-bond donors (Lipinski definition) is 1. The molecule has 2 atom stereocenters. The number of carbonyl (C=O) groups excluding carboxylic acids is 1. The third kappa shape index (κ3) is 4.58. The van der Waals surface area contributed by atoms with Crippen molar-refractivity contribution in [2.24, 2.45) is 5.92 Å². The summed E-state index contributed by atoms with van der Waals surface area (Å²) in [7, 11) is 0. The average Bonchev–Trinajstić information content (AvgIpc) is 3.54. The lowest BCUT2D eigenvalue weighted by Gasteiger charge is -2.20.